The van der Waals surface area contributed by atoms with Crippen LogP contribution in [0.1, 0.15) is 54.2 Å². The van der Waals surface area contributed by atoms with Crippen molar-refractivity contribution < 1.29 is 9.15 Å². The number of benzene rings is 7. The van der Waals surface area contributed by atoms with Crippen molar-refractivity contribution in [3.63, 3.8) is 0 Å². The van der Waals surface area contributed by atoms with E-state index < -0.39 is 0 Å². The molecule has 4 heterocycles. The number of furan rings is 1. The third-order valence-electron chi connectivity index (χ3n) is 12.5. The Morgan fingerprint density at radius 1 is 0.556 bits per heavy atom. The first-order chi connectivity index (χ1) is 30.6. The van der Waals surface area contributed by atoms with Crippen LogP contribution in [0.15, 0.2) is 174 Å². The number of para-hydroxylation sites is 1. The molecule has 10 aromatic rings. The predicted octanol–water partition coefficient (Wildman–Crippen LogP) is 14.9. The molecule has 7 aromatic carbocycles. The monoisotopic (exact) mass is 820 g/mol. The summed E-state index contributed by atoms with van der Waals surface area (Å²) in [6, 6.07) is 57.9. The van der Waals surface area contributed by atoms with Crippen LogP contribution >= 0.6 is 0 Å². The van der Waals surface area contributed by atoms with Crippen molar-refractivity contribution in [2.24, 2.45) is 0 Å². The van der Waals surface area contributed by atoms with Gasteiger partial charge in [-0.05, 0) is 97.5 Å². The zero-order chi connectivity index (χ0) is 43.0. The van der Waals surface area contributed by atoms with Gasteiger partial charge in [-0.25, -0.2) is 4.98 Å². The van der Waals surface area contributed by atoms with E-state index in [0.717, 1.165) is 83.6 Å². The molecule has 1 aliphatic heterocycles. The molecular formula is C57H48N4O2. The van der Waals surface area contributed by atoms with Crippen LogP contribution in [0.3, 0.4) is 0 Å². The standard InChI is InChI=1S/C57H48N4O2/c1-36-30-37(2)54(38(3)31-36)60-35-59(55(39-16-9-7-10-17-39)56(60)40-18-11-8-12-19-40)42-20-15-21-43(33-42)62-44-24-25-45-48(34-44)61(51-32-41(28-29-58-51)57(4,5)6)47-26-27-50-53(52(45)47)46-22-13-14-23-49(46)63-50/h7-34H,35H2,1-6H3. The van der Waals surface area contributed by atoms with Crippen LogP contribution in [-0.4, -0.2) is 16.2 Å². The second-order valence-corrected chi connectivity index (χ2v) is 17.9. The molecule has 0 N–H and O–H groups in total. The van der Waals surface area contributed by atoms with Gasteiger partial charge in [-0.15, -0.1) is 0 Å². The number of hydrogen-bond acceptors (Lipinski definition) is 5. The van der Waals surface area contributed by atoms with Gasteiger partial charge < -0.3 is 19.0 Å². The van der Waals surface area contributed by atoms with Crippen LogP contribution < -0.4 is 14.5 Å². The van der Waals surface area contributed by atoms with Crippen molar-refractivity contribution in [2.75, 3.05) is 16.5 Å². The molecule has 0 bridgehead atoms. The van der Waals surface area contributed by atoms with Gasteiger partial charge in [0.15, 0.2) is 0 Å². The third-order valence-corrected chi connectivity index (χ3v) is 12.5. The molecule has 11 rings (SSSR count). The van der Waals surface area contributed by atoms with Gasteiger partial charge in [0.1, 0.15) is 35.2 Å². The Morgan fingerprint density at radius 3 is 1.97 bits per heavy atom. The number of aromatic nitrogens is 2. The van der Waals surface area contributed by atoms with E-state index in [9.17, 15) is 0 Å². The van der Waals surface area contributed by atoms with E-state index in [1.165, 1.54) is 33.6 Å². The average Bonchev–Trinajstić information content (AvgIpc) is 3.96. The molecule has 0 saturated heterocycles. The van der Waals surface area contributed by atoms with Gasteiger partial charge in [0, 0.05) is 62.4 Å². The topological polar surface area (TPSA) is 46.7 Å². The number of anilines is 2. The largest absolute Gasteiger partial charge is 0.457 e. The highest BCUT2D eigenvalue weighted by Crippen LogP contribution is 2.47. The summed E-state index contributed by atoms with van der Waals surface area (Å²) in [4.78, 5) is 9.90. The first-order valence-corrected chi connectivity index (χ1v) is 21.7. The summed E-state index contributed by atoms with van der Waals surface area (Å²) in [6.45, 7) is 14.0. The van der Waals surface area contributed by atoms with Gasteiger partial charge in [-0.1, -0.05) is 123 Å². The van der Waals surface area contributed by atoms with Gasteiger partial charge in [0.05, 0.1) is 22.4 Å². The lowest BCUT2D eigenvalue weighted by molar-refractivity contribution is 0.483. The van der Waals surface area contributed by atoms with Crippen molar-refractivity contribution in [2.45, 2.75) is 47.0 Å². The molecule has 0 aliphatic carbocycles. The normalized spacial score (nSPS) is 13.4. The van der Waals surface area contributed by atoms with Crippen LogP contribution in [0.5, 0.6) is 11.5 Å². The third kappa shape index (κ3) is 6.52. The zero-order valence-corrected chi connectivity index (χ0v) is 36.5. The fourth-order valence-corrected chi connectivity index (χ4v) is 9.78. The van der Waals surface area contributed by atoms with E-state index in [1.54, 1.807) is 0 Å². The predicted molar refractivity (Wildman–Crippen MR) is 261 cm³/mol. The smallest absolute Gasteiger partial charge is 0.137 e. The van der Waals surface area contributed by atoms with E-state index in [0.29, 0.717) is 6.67 Å². The second-order valence-electron chi connectivity index (χ2n) is 17.9. The Bertz CT molecular complexity index is 3400. The van der Waals surface area contributed by atoms with E-state index in [1.807, 2.05) is 24.4 Å². The van der Waals surface area contributed by atoms with Crippen molar-refractivity contribution in [3.8, 4) is 17.3 Å². The van der Waals surface area contributed by atoms with E-state index in [-0.39, 0.29) is 5.41 Å². The molecule has 0 saturated carbocycles. The fraction of sp³-hybridized carbons (Fsp3) is 0.140. The average molecular weight is 821 g/mol. The molecular weight excluding hydrogens is 773 g/mol. The number of aryl methyl sites for hydroxylation is 3. The number of ether oxygens (including phenoxy) is 1. The SMILES string of the molecule is Cc1cc(C)c(N2CN(c3cccc(Oc4ccc5c6c7c(ccc6n(-c6cc(C(C)(C)C)ccn6)c5c4)oc4ccccc47)c3)C(c3ccccc3)=C2c2ccccc2)c(C)c1. The van der Waals surface area contributed by atoms with Crippen molar-refractivity contribution in [3.05, 3.63) is 203 Å². The molecule has 0 radical (unpaired) electrons. The Labute approximate surface area is 367 Å². The molecule has 1 aliphatic rings. The summed E-state index contributed by atoms with van der Waals surface area (Å²) in [5, 5.41) is 4.44. The summed E-state index contributed by atoms with van der Waals surface area (Å²) in [6.07, 6.45) is 1.92. The molecule has 0 spiro atoms. The summed E-state index contributed by atoms with van der Waals surface area (Å²) in [7, 11) is 0. The second kappa shape index (κ2) is 14.8. The highest BCUT2D eigenvalue weighted by Gasteiger charge is 2.34. The highest BCUT2D eigenvalue weighted by atomic mass is 16.5. The molecule has 308 valence electrons. The van der Waals surface area contributed by atoms with Crippen LogP contribution in [0.2, 0.25) is 0 Å². The van der Waals surface area contributed by atoms with Gasteiger partial charge in [0.2, 0.25) is 0 Å². The molecule has 0 atom stereocenters. The van der Waals surface area contributed by atoms with Crippen molar-refractivity contribution in [1.82, 2.24) is 9.55 Å². The molecule has 0 fully saturated rings. The van der Waals surface area contributed by atoms with Gasteiger partial charge in [-0.3, -0.25) is 4.57 Å². The van der Waals surface area contributed by atoms with Crippen molar-refractivity contribution >= 4 is 66.5 Å². The summed E-state index contributed by atoms with van der Waals surface area (Å²) in [5.74, 6) is 2.35. The fourth-order valence-electron chi connectivity index (χ4n) is 9.78. The molecule has 0 unspecified atom stereocenters. The zero-order valence-electron chi connectivity index (χ0n) is 36.5. The molecule has 6 nitrogen and oxygen atoms in total. The lowest BCUT2D eigenvalue weighted by atomic mass is 9.88. The lowest BCUT2D eigenvalue weighted by Gasteiger charge is -2.28. The van der Waals surface area contributed by atoms with Crippen LogP contribution in [0, 0.1) is 20.8 Å². The summed E-state index contributed by atoms with van der Waals surface area (Å²) in [5.41, 5.74) is 15.6. The summed E-state index contributed by atoms with van der Waals surface area (Å²) < 4.78 is 15.6. The molecule has 6 heteroatoms. The van der Waals surface area contributed by atoms with E-state index in [2.05, 4.69) is 202 Å². The number of hydrogen-bond donors (Lipinski definition) is 0. The first kappa shape index (κ1) is 38.4. The van der Waals surface area contributed by atoms with Crippen LogP contribution in [0.25, 0.3) is 61.0 Å². The Kier molecular flexibility index (Phi) is 9.02. The molecule has 3 aromatic heterocycles. The maximum atomic E-state index is 6.90. The number of pyridine rings is 1. The number of nitrogens with zero attached hydrogens (tertiary/aromatic N) is 4. The minimum atomic E-state index is -0.0502. The Hall–Kier alpha value is -7.57. The molecule has 0 amide bonds. The van der Waals surface area contributed by atoms with E-state index in [4.69, 9.17) is 14.1 Å². The molecule has 63 heavy (non-hydrogen) atoms. The quantitative estimate of drug-likeness (QED) is 0.160. The van der Waals surface area contributed by atoms with Gasteiger partial charge >= 0.3 is 0 Å². The van der Waals surface area contributed by atoms with Crippen LogP contribution in [0.4, 0.5) is 11.4 Å². The van der Waals surface area contributed by atoms with Gasteiger partial charge in [0.25, 0.3) is 0 Å². The van der Waals surface area contributed by atoms with E-state index >= 15 is 0 Å². The van der Waals surface area contributed by atoms with Crippen LogP contribution in [-0.2, 0) is 5.41 Å². The Morgan fingerprint density at radius 2 is 1.24 bits per heavy atom. The maximum absolute atomic E-state index is 6.90. The number of fused-ring (bicyclic) bond motifs is 7. The van der Waals surface area contributed by atoms with Crippen molar-refractivity contribution in [1.29, 1.82) is 0 Å². The summed E-state index contributed by atoms with van der Waals surface area (Å²) >= 11 is 0. The number of rotatable bonds is 7. The van der Waals surface area contributed by atoms with Gasteiger partial charge in [-0.2, -0.15) is 0 Å². The highest BCUT2D eigenvalue weighted by molar-refractivity contribution is 6.27. The first-order valence-electron chi connectivity index (χ1n) is 21.7. The lowest BCUT2D eigenvalue weighted by Crippen LogP contribution is -2.28. The maximum Gasteiger partial charge on any atom is 0.137 e. The minimum Gasteiger partial charge on any atom is -0.457 e. The minimum absolute atomic E-state index is 0.0502. The Balaban J connectivity index is 1.06.